The lowest BCUT2D eigenvalue weighted by Crippen LogP contribution is -2.57. The van der Waals surface area contributed by atoms with E-state index in [9.17, 15) is 4.79 Å². The molecule has 17 heavy (non-hydrogen) atoms. The molecule has 0 rings (SSSR count). The molecule has 1 N–H and O–H groups in total. The van der Waals surface area contributed by atoms with Crippen molar-refractivity contribution in [2.75, 3.05) is 0 Å². The minimum atomic E-state index is -2.78. The van der Waals surface area contributed by atoms with Gasteiger partial charge in [0.15, 0.2) is 0 Å². The van der Waals surface area contributed by atoms with Gasteiger partial charge in [0, 0.05) is 0 Å². The summed E-state index contributed by atoms with van der Waals surface area (Å²) >= 11 is 49.8. The monoisotopic (exact) mass is 424 g/mol. The summed E-state index contributed by atoms with van der Waals surface area (Å²) in [4.78, 5) is 10.3. The second-order valence-corrected chi connectivity index (χ2v) is 8.73. The van der Waals surface area contributed by atoms with E-state index in [0.717, 1.165) is 0 Å². The molecule has 0 aromatic carbocycles. The fourth-order valence-corrected chi connectivity index (χ4v) is 2.49. The van der Waals surface area contributed by atoms with E-state index in [1.54, 1.807) is 0 Å². The SMILES string of the molecule is O=C(O)OC(Cl)(Cl)C(Cl)(Cl)C(Cl)(Cl)C(Cl)(Cl)Cl. The van der Waals surface area contributed by atoms with E-state index in [1.807, 2.05) is 0 Å². The zero-order valence-electron chi connectivity index (χ0n) is 7.17. The predicted molar refractivity (Wildman–Crippen MR) is 72.7 cm³/mol. The van der Waals surface area contributed by atoms with Crippen molar-refractivity contribution >= 4 is 111 Å². The third kappa shape index (κ3) is 3.93. The first-order valence-electron chi connectivity index (χ1n) is 3.29. The number of ether oxygens (including phenoxy) is 1. The molecule has 0 heterocycles. The molecule has 102 valence electrons. The Morgan fingerprint density at radius 3 is 1.41 bits per heavy atom. The Hall–Kier alpha value is 1.88. The molecular formula is C5HCl9O3. The summed E-state index contributed by atoms with van der Waals surface area (Å²) in [6, 6.07) is 0. The molecule has 0 aromatic rings. The van der Waals surface area contributed by atoms with Crippen LogP contribution in [-0.4, -0.2) is 28.2 Å². The maximum Gasteiger partial charge on any atom is 0.508 e. The van der Waals surface area contributed by atoms with E-state index in [-0.39, 0.29) is 0 Å². The average Bonchev–Trinajstić information content (AvgIpc) is 1.98. The molecule has 0 fully saturated rings. The van der Waals surface area contributed by atoms with Gasteiger partial charge >= 0.3 is 10.7 Å². The molecule has 0 aliphatic carbocycles. The van der Waals surface area contributed by atoms with E-state index < -0.39 is 23.1 Å². The predicted octanol–water partition coefficient (Wildman–Crippen LogP) is 5.53. The molecule has 0 amide bonds. The molecule has 0 unspecified atom stereocenters. The molecule has 0 saturated heterocycles. The second-order valence-electron chi connectivity index (χ2n) is 2.53. The topological polar surface area (TPSA) is 46.5 Å². The second kappa shape index (κ2) is 5.71. The zero-order valence-corrected chi connectivity index (χ0v) is 14.0. The van der Waals surface area contributed by atoms with Crippen LogP contribution in [0.1, 0.15) is 0 Å². The Morgan fingerprint density at radius 1 is 0.824 bits per heavy atom. The standard InChI is InChI=1S/C5HCl9O3/c6-2(7,4(10,11)12)3(8,9)5(13,14)17-1(15)16/h(H,15,16). The lowest BCUT2D eigenvalue weighted by atomic mass is 10.3. The Morgan fingerprint density at radius 2 is 1.18 bits per heavy atom. The first kappa shape index (κ1) is 18.9. The number of hydrogen-bond donors (Lipinski definition) is 1. The van der Waals surface area contributed by atoms with E-state index in [0.29, 0.717) is 0 Å². The molecule has 0 spiro atoms. The number of alkyl halides is 9. The molecule has 12 heteroatoms. The molecule has 0 bridgehead atoms. The van der Waals surface area contributed by atoms with Crippen molar-refractivity contribution in [3.05, 3.63) is 0 Å². The van der Waals surface area contributed by atoms with E-state index in [1.165, 1.54) is 0 Å². The van der Waals surface area contributed by atoms with Gasteiger partial charge < -0.3 is 9.84 Å². The van der Waals surface area contributed by atoms with Crippen molar-refractivity contribution in [2.24, 2.45) is 0 Å². The average molecular weight is 428 g/mol. The molecule has 0 aliphatic heterocycles. The summed E-state index contributed by atoms with van der Waals surface area (Å²) in [7, 11) is 0. The van der Waals surface area contributed by atoms with Crippen LogP contribution in [0.5, 0.6) is 0 Å². The van der Waals surface area contributed by atoms with Gasteiger partial charge in [-0.3, -0.25) is 0 Å². The van der Waals surface area contributed by atoms with Crippen LogP contribution in [-0.2, 0) is 4.74 Å². The van der Waals surface area contributed by atoms with Gasteiger partial charge in [-0.25, -0.2) is 4.79 Å². The zero-order chi connectivity index (χ0) is 14.3. The van der Waals surface area contributed by atoms with Crippen LogP contribution in [0, 0.1) is 0 Å². The van der Waals surface area contributed by atoms with Crippen LogP contribution in [0.15, 0.2) is 0 Å². The third-order valence-corrected chi connectivity index (χ3v) is 6.49. The quantitative estimate of drug-likeness (QED) is 0.475. The lowest BCUT2D eigenvalue weighted by molar-refractivity contribution is 0.0573. The number of rotatable bonds is 3. The van der Waals surface area contributed by atoms with Crippen LogP contribution in [0.2, 0.25) is 0 Å². The van der Waals surface area contributed by atoms with Gasteiger partial charge in [0.25, 0.3) is 0 Å². The highest BCUT2D eigenvalue weighted by Gasteiger charge is 2.70. The summed E-state index contributed by atoms with van der Waals surface area (Å²) in [5.41, 5.74) is 0. The Balaban J connectivity index is 5.47. The smallest absolute Gasteiger partial charge is 0.450 e. The lowest BCUT2D eigenvalue weighted by Gasteiger charge is -2.42. The van der Waals surface area contributed by atoms with Crippen molar-refractivity contribution in [1.29, 1.82) is 0 Å². The minimum Gasteiger partial charge on any atom is -0.450 e. The first-order valence-corrected chi connectivity index (χ1v) is 6.69. The highest BCUT2D eigenvalue weighted by Crippen LogP contribution is 2.62. The van der Waals surface area contributed by atoms with Crippen molar-refractivity contribution in [2.45, 2.75) is 17.0 Å². The van der Waals surface area contributed by atoms with Gasteiger partial charge in [0.1, 0.15) is 0 Å². The Kier molecular flexibility index (Phi) is 6.34. The van der Waals surface area contributed by atoms with Crippen LogP contribution in [0.25, 0.3) is 0 Å². The first-order chi connectivity index (χ1) is 7.17. The Bertz CT molecular complexity index is 306. The third-order valence-electron chi connectivity index (χ3n) is 1.33. The summed E-state index contributed by atoms with van der Waals surface area (Å²) in [5, 5.41) is 8.39. The van der Waals surface area contributed by atoms with Crippen molar-refractivity contribution in [3.63, 3.8) is 0 Å². The van der Waals surface area contributed by atoms with E-state index in [2.05, 4.69) is 4.74 Å². The fourth-order valence-electron chi connectivity index (χ4n) is 0.535. The highest BCUT2D eigenvalue weighted by molar-refractivity contribution is 6.80. The summed E-state index contributed by atoms with van der Waals surface area (Å²) in [6.45, 7) is 0. The van der Waals surface area contributed by atoms with Crippen molar-refractivity contribution in [3.8, 4) is 0 Å². The Labute approximate surface area is 141 Å². The number of halogens is 9. The summed E-state index contributed by atoms with van der Waals surface area (Å²) in [6.07, 6.45) is -1.89. The molecule has 0 atom stereocenters. The van der Waals surface area contributed by atoms with Gasteiger partial charge in [-0.05, 0) is 0 Å². The fraction of sp³-hybridized carbons (Fsp3) is 0.800. The maximum absolute atomic E-state index is 10.3. The molecular weight excluding hydrogens is 427 g/mol. The normalized spacial score (nSPS) is 14.6. The number of carbonyl (C=O) groups is 1. The van der Waals surface area contributed by atoms with Gasteiger partial charge in [-0.15, -0.1) is 0 Å². The molecule has 0 radical (unpaired) electrons. The van der Waals surface area contributed by atoms with Crippen molar-refractivity contribution < 1.29 is 14.6 Å². The number of carboxylic acid groups (broad SMARTS) is 1. The van der Waals surface area contributed by atoms with Gasteiger partial charge in [0.05, 0.1) is 0 Å². The van der Waals surface area contributed by atoms with Crippen molar-refractivity contribution in [1.82, 2.24) is 0 Å². The summed E-state index contributed by atoms with van der Waals surface area (Å²) in [5.74, 6) is 0. The van der Waals surface area contributed by atoms with Gasteiger partial charge in [-0.2, -0.15) is 0 Å². The molecule has 0 aliphatic rings. The molecule has 0 saturated carbocycles. The maximum atomic E-state index is 10.3. The molecule has 3 nitrogen and oxygen atoms in total. The van der Waals surface area contributed by atoms with Gasteiger partial charge in [-0.1, -0.05) is 104 Å². The highest BCUT2D eigenvalue weighted by atomic mass is 35.6. The van der Waals surface area contributed by atoms with Gasteiger partial charge in [0.2, 0.25) is 12.5 Å². The largest absolute Gasteiger partial charge is 0.508 e. The van der Waals surface area contributed by atoms with E-state index >= 15 is 0 Å². The van der Waals surface area contributed by atoms with E-state index in [4.69, 9.17) is 110 Å². The minimum absolute atomic E-state index is 1.89. The molecule has 0 aromatic heterocycles. The van der Waals surface area contributed by atoms with Crippen LogP contribution < -0.4 is 0 Å². The summed E-state index contributed by atoms with van der Waals surface area (Å²) < 4.78 is -6.45. The van der Waals surface area contributed by atoms with Crippen LogP contribution >= 0.6 is 104 Å². The van der Waals surface area contributed by atoms with Crippen LogP contribution in [0.4, 0.5) is 4.79 Å². The number of hydrogen-bond acceptors (Lipinski definition) is 2. The van der Waals surface area contributed by atoms with Crippen LogP contribution in [0.3, 0.4) is 0 Å².